The average molecular weight is 403 g/mol. The summed E-state index contributed by atoms with van der Waals surface area (Å²) in [5.74, 6) is 0.938. The lowest BCUT2D eigenvalue weighted by Gasteiger charge is -2.07. The zero-order valence-corrected chi connectivity index (χ0v) is 15.8. The van der Waals surface area contributed by atoms with E-state index in [-0.39, 0.29) is 11.8 Å². The fourth-order valence-corrected chi connectivity index (χ4v) is 3.80. The van der Waals surface area contributed by atoms with Crippen LogP contribution in [0, 0.1) is 0 Å². The molecule has 1 aromatic carbocycles. The lowest BCUT2D eigenvalue weighted by Crippen LogP contribution is -2.35. The van der Waals surface area contributed by atoms with Gasteiger partial charge in [0.2, 0.25) is 5.91 Å². The average Bonchev–Trinajstić information content (AvgIpc) is 3.07. The van der Waals surface area contributed by atoms with Crippen LogP contribution in [-0.2, 0) is 10.5 Å². The maximum Gasteiger partial charge on any atom is 0.251 e. The fraction of sp³-hybridized carbons (Fsp3) is 0.250. The molecule has 0 unspecified atom stereocenters. The van der Waals surface area contributed by atoms with Crippen LogP contribution in [0.15, 0.2) is 35.7 Å². The molecule has 0 saturated carbocycles. The molecule has 1 aromatic heterocycles. The first-order valence-corrected chi connectivity index (χ1v) is 9.95. The maximum atomic E-state index is 11.9. The quantitative estimate of drug-likeness (QED) is 0.659. The molecule has 128 valence electrons. The summed E-state index contributed by atoms with van der Waals surface area (Å²) in [7, 11) is 0. The minimum Gasteiger partial charge on any atom is -0.354 e. The standard InChI is InChI=1S/C16H16Cl2N2O2S2/c17-13-4-3-11(8-14(13)18)16(22)20-6-5-19-15(21)10-23-9-12-2-1-7-24-12/h1-4,7-8H,5-6,9-10H2,(H,19,21)(H,20,22). The van der Waals surface area contributed by atoms with E-state index in [2.05, 4.69) is 10.6 Å². The Hall–Kier alpha value is -1.21. The van der Waals surface area contributed by atoms with Crippen molar-refractivity contribution in [3.05, 3.63) is 56.2 Å². The Morgan fingerprint density at radius 2 is 1.88 bits per heavy atom. The van der Waals surface area contributed by atoms with Gasteiger partial charge in [-0.2, -0.15) is 0 Å². The number of nitrogens with one attached hydrogen (secondary N) is 2. The van der Waals surface area contributed by atoms with E-state index in [1.54, 1.807) is 35.2 Å². The summed E-state index contributed by atoms with van der Waals surface area (Å²) in [6, 6.07) is 8.74. The van der Waals surface area contributed by atoms with E-state index >= 15 is 0 Å². The molecule has 0 radical (unpaired) electrons. The van der Waals surface area contributed by atoms with Crippen LogP contribution in [0.5, 0.6) is 0 Å². The summed E-state index contributed by atoms with van der Waals surface area (Å²) in [5.41, 5.74) is 0.433. The van der Waals surface area contributed by atoms with Crippen LogP contribution < -0.4 is 10.6 Å². The molecule has 24 heavy (non-hydrogen) atoms. The number of hydrogen-bond acceptors (Lipinski definition) is 4. The predicted octanol–water partition coefficient (Wildman–Crippen LogP) is 3.83. The van der Waals surface area contributed by atoms with Gasteiger partial charge in [-0.05, 0) is 29.6 Å². The maximum absolute atomic E-state index is 11.9. The van der Waals surface area contributed by atoms with Crippen LogP contribution >= 0.6 is 46.3 Å². The Morgan fingerprint density at radius 3 is 2.58 bits per heavy atom. The van der Waals surface area contributed by atoms with Crippen LogP contribution in [0.2, 0.25) is 10.0 Å². The SMILES string of the molecule is O=C(CSCc1cccs1)NCCNC(=O)c1ccc(Cl)c(Cl)c1. The summed E-state index contributed by atoms with van der Waals surface area (Å²) >= 11 is 14.9. The van der Waals surface area contributed by atoms with Crippen molar-refractivity contribution in [3.63, 3.8) is 0 Å². The van der Waals surface area contributed by atoms with Gasteiger partial charge in [0.1, 0.15) is 0 Å². The number of amides is 2. The van der Waals surface area contributed by atoms with Gasteiger partial charge in [0.05, 0.1) is 15.8 Å². The molecule has 0 bridgehead atoms. The number of rotatable bonds is 8. The Labute approximate surface area is 158 Å². The molecule has 2 rings (SSSR count). The van der Waals surface area contributed by atoms with Crippen molar-refractivity contribution in [1.82, 2.24) is 10.6 Å². The van der Waals surface area contributed by atoms with Gasteiger partial charge < -0.3 is 10.6 Å². The van der Waals surface area contributed by atoms with Gasteiger partial charge in [-0.25, -0.2) is 0 Å². The highest BCUT2D eigenvalue weighted by molar-refractivity contribution is 7.99. The Bertz CT molecular complexity index is 693. The minimum absolute atomic E-state index is 0.0413. The second-order valence-corrected chi connectivity index (χ2v) is 7.64. The monoisotopic (exact) mass is 402 g/mol. The van der Waals surface area contributed by atoms with Crippen LogP contribution in [0.1, 0.15) is 15.2 Å². The van der Waals surface area contributed by atoms with Crippen molar-refractivity contribution in [2.45, 2.75) is 5.75 Å². The van der Waals surface area contributed by atoms with Crippen molar-refractivity contribution >= 4 is 58.1 Å². The number of carbonyl (C=O) groups excluding carboxylic acids is 2. The van der Waals surface area contributed by atoms with Gasteiger partial charge >= 0.3 is 0 Å². The van der Waals surface area contributed by atoms with Crippen molar-refractivity contribution in [2.75, 3.05) is 18.8 Å². The number of halogens is 2. The molecular weight excluding hydrogens is 387 g/mol. The molecule has 0 aliphatic heterocycles. The van der Waals surface area contributed by atoms with Crippen LogP contribution in [0.4, 0.5) is 0 Å². The molecule has 2 amide bonds. The normalized spacial score (nSPS) is 10.4. The predicted molar refractivity (Wildman–Crippen MR) is 102 cm³/mol. The van der Waals surface area contributed by atoms with Gasteiger partial charge in [-0.15, -0.1) is 23.1 Å². The molecule has 0 atom stereocenters. The Morgan fingerprint density at radius 1 is 1.08 bits per heavy atom. The molecule has 0 spiro atoms. The van der Waals surface area contributed by atoms with Crippen LogP contribution in [-0.4, -0.2) is 30.7 Å². The molecule has 0 fully saturated rings. The van der Waals surface area contributed by atoms with E-state index in [0.29, 0.717) is 34.5 Å². The molecule has 1 heterocycles. The summed E-state index contributed by atoms with van der Waals surface area (Å²) in [5, 5.41) is 8.25. The summed E-state index contributed by atoms with van der Waals surface area (Å²) in [6.45, 7) is 0.728. The largest absolute Gasteiger partial charge is 0.354 e. The van der Waals surface area contributed by atoms with Crippen LogP contribution in [0.3, 0.4) is 0 Å². The zero-order chi connectivity index (χ0) is 17.4. The van der Waals surface area contributed by atoms with E-state index in [4.69, 9.17) is 23.2 Å². The summed E-state index contributed by atoms with van der Waals surface area (Å²) in [6.07, 6.45) is 0. The summed E-state index contributed by atoms with van der Waals surface area (Å²) in [4.78, 5) is 24.9. The highest BCUT2D eigenvalue weighted by Gasteiger charge is 2.08. The molecule has 0 saturated heterocycles. The number of benzene rings is 1. The molecule has 2 N–H and O–H groups in total. The first-order chi connectivity index (χ1) is 11.6. The van der Waals surface area contributed by atoms with E-state index in [1.165, 1.54) is 10.9 Å². The molecule has 8 heteroatoms. The second kappa shape index (κ2) is 9.93. The minimum atomic E-state index is -0.255. The van der Waals surface area contributed by atoms with Crippen molar-refractivity contribution in [1.29, 1.82) is 0 Å². The third-order valence-corrected chi connectivity index (χ3v) is 5.75. The van der Waals surface area contributed by atoms with E-state index in [1.807, 2.05) is 17.5 Å². The molecule has 4 nitrogen and oxygen atoms in total. The number of thiophene rings is 1. The van der Waals surface area contributed by atoms with E-state index in [9.17, 15) is 9.59 Å². The van der Waals surface area contributed by atoms with Gasteiger partial charge in [0, 0.05) is 29.3 Å². The van der Waals surface area contributed by atoms with Crippen molar-refractivity contribution in [2.24, 2.45) is 0 Å². The molecule has 2 aromatic rings. The van der Waals surface area contributed by atoms with E-state index in [0.717, 1.165) is 5.75 Å². The third-order valence-electron chi connectivity index (χ3n) is 2.97. The lowest BCUT2D eigenvalue weighted by atomic mass is 10.2. The van der Waals surface area contributed by atoms with Crippen molar-refractivity contribution < 1.29 is 9.59 Å². The highest BCUT2D eigenvalue weighted by atomic mass is 35.5. The third kappa shape index (κ3) is 6.36. The molecule has 0 aliphatic rings. The first kappa shape index (κ1) is 19.1. The Kier molecular flexibility index (Phi) is 7.91. The van der Waals surface area contributed by atoms with Gasteiger partial charge in [-0.1, -0.05) is 29.3 Å². The molecular formula is C16H16Cl2N2O2S2. The van der Waals surface area contributed by atoms with Crippen LogP contribution in [0.25, 0.3) is 0 Å². The van der Waals surface area contributed by atoms with Gasteiger partial charge in [0.15, 0.2) is 0 Å². The van der Waals surface area contributed by atoms with Crippen molar-refractivity contribution in [3.8, 4) is 0 Å². The lowest BCUT2D eigenvalue weighted by molar-refractivity contribution is -0.118. The second-order valence-electron chi connectivity index (χ2n) is 4.81. The van der Waals surface area contributed by atoms with E-state index < -0.39 is 0 Å². The van der Waals surface area contributed by atoms with Gasteiger partial charge in [0.25, 0.3) is 5.91 Å². The first-order valence-electron chi connectivity index (χ1n) is 7.16. The number of thioether (sulfide) groups is 1. The number of carbonyl (C=O) groups is 2. The highest BCUT2D eigenvalue weighted by Crippen LogP contribution is 2.22. The van der Waals surface area contributed by atoms with Gasteiger partial charge in [-0.3, -0.25) is 9.59 Å². The topological polar surface area (TPSA) is 58.2 Å². The Balaban J connectivity index is 1.60. The summed E-state index contributed by atoms with van der Waals surface area (Å²) < 4.78 is 0. The number of hydrogen-bond donors (Lipinski definition) is 2. The smallest absolute Gasteiger partial charge is 0.251 e. The fourth-order valence-electron chi connectivity index (χ4n) is 1.81. The molecule has 0 aliphatic carbocycles. The zero-order valence-electron chi connectivity index (χ0n) is 12.7.